The highest BCUT2D eigenvalue weighted by atomic mass is 35.5. The molecule has 0 radical (unpaired) electrons. The molecular weight excluding hydrogens is 484 g/mol. The van der Waals surface area contributed by atoms with Crippen molar-refractivity contribution in [1.82, 2.24) is 5.32 Å². The van der Waals surface area contributed by atoms with Gasteiger partial charge in [0.2, 0.25) is 0 Å². The molecule has 1 aliphatic rings. The molecule has 0 amide bonds. The van der Waals surface area contributed by atoms with Crippen molar-refractivity contribution in [2.45, 2.75) is 31.7 Å². The Bertz CT molecular complexity index is 1320. The average Bonchev–Trinajstić information content (AvgIpc) is 2.86. The highest BCUT2D eigenvalue weighted by molar-refractivity contribution is 5.96. The summed E-state index contributed by atoms with van der Waals surface area (Å²) in [6.45, 7) is 1.72. The molecule has 2 N–H and O–H groups in total. The summed E-state index contributed by atoms with van der Waals surface area (Å²) < 4.78 is 40.4. The number of benzene rings is 4. The summed E-state index contributed by atoms with van der Waals surface area (Å²) in [5, 5.41) is 14.9. The standard InChI is InChI=1S/C29H27F2NO3.ClH/c30-20-5-12-26(28(31)18-20)27-11-4-19-17-22(33)6-13-25(19)29(27)35-24-9-7-23(8-10-24)34-16-14-21-3-1-2-15-32-21;/h4-13,17-18,21,32-33H,1-3,14-16H2;1H. The van der Waals surface area contributed by atoms with Crippen molar-refractivity contribution < 1.29 is 23.4 Å². The van der Waals surface area contributed by atoms with Crippen molar-refractivity contribution in [1.29, 1.82) is 0 Å². The van der Waals surface area contributed by atoms with Gasteiger partial charge in [0.15, 0.2) is 0 Å². The predicted octanol–water partition coefficient (Wildman–Crippen LogP) is 7.62. The van der Waals surface area contributed by atoms with Gasteiger partial charge in [0.05, 0.1) is 6.61 Å². The van der Waals surface area contributed by atoms with E-state index in [-0.39, 0.29) is 23.7 Å². The molecule has 0 aromatic heterocycles. The van der Waals surface area contributed by atoms with E-state index in [4.69, 9.17) is 9.47 Å². The van der Waals surface area contributed by atoms with E-state index >= 15 is 0 Å². The van der Waals surface area contributed by atoms with Crippen molar-refractivity contribution >= 4 is 23.2 Å². The van der Waals surface area contributed by atoms with Crippen LogP contribution in [0.1, 0.15) is 25.7 Å². The molecule has 0 bridgehead atoms. The molecular formula is C29H28ClF2NO3. The summed E-state index contributed by atoms with van der Waals surface area (Å²) in [5.74, 6) is 0.522. The van der Waals surface area contributed by atoms with Gasteiger partial charge in [0.25, 0.3) is 0 Å². The van der Waals surface area contributed by atoms with Gasteiger partial charge in [0, 0.05) is 28.6 Å². The third-order valence-corrected chi connectivity index (χ3v) is 6.37. The minimum absolute atomic E-state index is 0. The van der Waals surface area contributed by atoms with E-state index < -0.39 is 11.6 Å². The van der Waals surface area contributed by atoms with E-state index in [1.165, 1.54) is 31.4 Å². The van der Waals surface area contributed by atoms with E-state index in [1.54, 1.807) is 42.5 Å². The topological polar surface area (TPSA) is 50.7 Å². The molecule has 4 nitrogen and oxygen atoms in total. The molecule has 1 aliphatic heterocycles. The van der Waals surface area contributed by atoms with Crippen molar-refractivity contribution in [3.63, 3.8) is 0 Å². The quantitative estimate of drug-likeness (QED) is 0.268. The second-order valence-corrected chi connectivity index (χ2v) is 8.83. The van der Waals surface area contributed by atoms with Crippen molar-refractivity contribution in [3.05, 3.63) is 84.4 Å². The van der Waals surface area contributed by atoms with Crippen LogP contribution in [0.25, 0.3) is 21.9 Å². The van der Waals surface area contributed by atoms with Gasteiger partial charge in [-0.1, -0.05) is 12.5 Å². The Morgan fingerprint density at radius 3 is 2.39 bits per heavy atom. The Morgan fingerprint density at radius 1 is 0.861 bits per heavy atom. The first-order chi connectivity index (χ1) is 17.1. The number of phenolic OH excluding ortho intramolecular Hbond substituents is 1. The van der Waals surface area contributed by atoms with E-state index in [9.17, 15) is 13.9 Å². The molecule has 188 valence electrons. The SMILES string of the molecule is Cl.Oc1ccc2c(Oc3ccc(OCCC4CCCCN4)cc3)c(-c3ccc(F)cc3F)ccc2c1. The maximum absolute atomic E-state index is 14.7. The Kier molecular flexibility index (Phi) is 8.28. The minimum Gasteiger partial charge on any atom is -0.508 e. The normalized spacial score (nSPS) is 15.3. The van der Waals surface area contributed by atoms with Crippen LogP contribution in [0.4, 0.5) is 8.78 Å². The van der Waals surface area contributed by atoms with E-state index in [1.807, 2.05) is 12.1 Å². The number of halogens is 3. The lowest BCUT2D eigenvalue weighted by atomic mass is 9.99. The van der Waals surface area contributed by atoms with Crippen LogP contribution in [0.2, 0.25) is 0 Å². The van der Waals surface area contributed by atoms with Crippen LogP contribution in [0, 0.1) is 11.6 Å². The summed E-state index contributed by atoms with van der Waals surface area (Å²) in [4.78, 5) is 0. The number of ether oxygens (including phenoxy) is 2. The Balaban J connectivity index is 0.00000304. The lowest BCUT2D eigenvalue weighted by Crippen LogP contribution is -2.35. The molecule has 7 heteroatoms. The van der Waals surface area contributed by atoms with Gasteiger partial charge in [-0.05, 0) is 91.9 Å². The summed E-state index contributed by atoms with van der Waals surface area (Å²) >= 11 is 0. The maximum Gasteiger partial charge on any atom is 0.143 e. The molecule has 1 fully saturated rings. The first kappa shape index (κ1) is 25.7. The fourth-order valence-corrected chi connectivity index (χ4v) is 4.53. The number of phenols is 1. The molecule has 1 atom stereocenters. The summed E-state index contributed by atoms with van der Waals surface area (Å²) in [7, 11) is 0. The summed E-state index contributed by atoms with van der Waals surface area (Å²) in [5.41, 5.74) is 0.716. The predicted molar refractivity (Wildman–Crippen MR) is 140 cm³/mol. The van der Waals surface area contributed by atoms with Crippen LogP contribution >= 0.6 is 12.4 Å². The number of rotatable bonds is 7. The molecule has 1 unspecified atom stereocenters. The molecule has 1 saturated heterocycles. The van der Waals surface area contributed by atoms with Gasteiger partial charge in [-0.2, -0.15) is 0 Å². The molecule has 0 aliphatic carbocycles. The molecule has 0 spiro atoms. The van der Waals surface area contributed by atoms with Gasteiger partial charge in [-0.25, -0.2) is 8.78 Å². The molecule has 36 heavy (non-hydrogen) atoms. The smallest absolute Gasteiger partial charge is 0.143 e. The van der Waals surface area contributed by atoms with Gasteiger partial charge in [-0.3, -0.25) is 0 Å². The lowest BCUT2D eigenvalue weighted by Gasteiger charge is -2.23. The summed E-state index contributed by atoms with van der Waals surface area (Å²) in [6.07, 6.45) is 4.66. The summed E-state index contributed by atoms with van der Waals surface area (Å²) in [6, 6.07) is 19.7. The van der Waals surface area contributed by atoms with Crippen molar-refractivity contribution in [2.24, 2.45) is 0 Å². The van der Waals surface area contributed by atoms with E-state index in [0.717, 1.165) is 30.2 Å². The number of piperidine rings is 1. The highest BCUT2D eigenvalue weighted by Gasteiger charge is 2.17. The van der Waals surface area contributed by atoms with E-state index in [0.29, 0.717) is 35.1 Å². The lowest BCUT2D eigenvalue weighted by molar-refractivity contribution is 0.268. The van der Waals surface area contributed by atoms with Crippen LogP contribution in [-0.2, 0) is 0 Å². The zero-order chi connectivity index (χ0) is 24.2. The number of aromatic hydroxyl groups is 1. The van der Waals surface area contributed by atoms with Gasteiger partial charge >= 0.3 is 0 Å². The third-order valence-electron chi connectivity index (χ3n) is 6.37. The fraction of sp³-hybridized carbons (Fsp3) is 0.241. The van der Waals surface area contributed by atoms with Crippen LogP contribution in [0.15, 0.2) is 72.8 Å². The zero-order valence-electron chi connectivity index (χ0n) is 19.7. The molecule has 4 aromatic carbocycles. The van der Waals surface area contributed by atoms with Crippen LogP contribution < -0.4 is 14.8 Å². The molecule has 4 aromatic rings. The maximum atomic E-state index is 14.7. The van der Waals surface area contributed by atoms with Gasteiger partial charge in [-0.15, -0.1) is 12.4 Å². The molecule has 5 rings (SSSR count). The monoisotopic (exact) mass is 511 g/mol. The largest absolute Gasteiger partial charge is 0.508 e. The van der Waals surface area contributed by atoms with E-state index in [2.05, 4.69) is 5.32 Å². The zero-order valence-corrected chi connectivity index (χ0v) is 20.5. The van der Waals surface area contributed by atoms with Gasteiger partial charge < -0.3 is 19.9 Å². The number of hydrogen-bond donors (Lipinski definition) is 2. The fourth-order valence-electron chi connectivity index (χ4n) is 4.53. The second-order valence-electron chi connectivity index (χ2n) is 8.83. The highest BCUT2D eigenvalue weighted by Crippen LogP contribution is 2.41. The third kappa shape index (κ3) is 5.89. The molecule has 0 saturated carbocycles. The van der Waals surface area contributed by atoms with Crippen LogP contribution in [0.5, 0.6) is 23.0 Å². The average molecular weight is 512 g/mol. The first-order valence-electron chi connectivity index (χ1n) is 11.9. The Hall–Kier alpha value is -3.35. The number of nitrogens with one attached hydrogen (secondary N) is 1. The number of fused-ring (bicyclic) bond motifs is 1. The number of hydrogen-bond acceptors (Lipinski definition) is 4. The van der Waals surface area contributed by atoms with Crippen molar-refractivity contribution in [3.8, 4) is 34.1 Å². The Labute approximate surface area is 215 Å². The van der Waals surface area contributed by atoms with Gasteiger partial charge in [0.1, 0.15) is 34.6 Å². The first-order valence-corrected chi connectivity index (χ1v) is 11.9. The van der Waals surface area contributed by atoms with Crippen molar-refractivity contribution in [2.75, 3.05) is 13.2 Å². The molecule has 1 heterocycles. The van der Waals surface area contributed by atoms with Crippen LogP contribution in [-0.4, -0.2) is 24.3 Å². The second kappa shape index (κ2) is 11.6. The Morgan fingerprint density at radius 2 is 1.64 bits per heavy atom. The minimum atomic E-state index is -0.677. The van der Waals surface area contributed by atoms with Crippen LogP contribution in [0.3, 0.4) is 0 Å².